The second-order valence-electron chi connectivity index (χ2n) is 20.2. The molecule has 7 heterocycles. The maximum absolute atomic E-state index is 15.0. The summed E-state index contributed by atoms with van der Waals surface area (Å²) in [5, 5.41) is 4.80. The number of primary amides is 1. The van der Waals surface area contributed by atoms with E-state index in [2.05, 4.69) is 10.6 Å². The van der Waals surface area contributed by atoms with Gasteiger partial charge in [0.25, 0.3) is 0 Å². The zero-order valence-electron chi connectivity index (χ0n) is 40.0. The Balaban J connectivity index is 1.03. The molecule has 0 radical (unpaired) electrons. The molecule has 73 heavy (non-hydrogen) atoms. The number of rotatable bonds is 9. The summed E-state index contributed by atoms with van der Waals surface area (Å²) in [6, 6.07) is -8.29. The molecule has 0 aliphatic carbocycles. The molecule has 7 fully saturated rings. The summed E-state index contributed by atoms with van der Waals surface area (Å²) in [6.07, 6.45) is -7.54. The fourth-order valence-corrected chi connectivity index (χ4v) is 12.2. The Labute approximate surface area is 421 Å². The van der Waals surface area contributed by atoms with Crippen LogP contribution in [0.2, 0.25) is 0 Å². The van der Waals surface area contributed by atoms with Crippen LogP contribution in [0.3, 0.4) is 0 Å². The molecular weight excluding hydrogens is 995 g/mol. The molecule has 0 unspecified atom stereocenters. The molecule has 8 amide bonds. The van der Waals surface area contributed by atoms with Crippen LogP contribution in [0, 0.1) is 0 Å². The van der Waals surface area contributed by atoms with Gasteiger partial charge < -0.3 is 62.1 Å². The molecular formula is C46H60F6N12O8S. The number of thiocarbonyl (C=S) groups is 1. The molecule has 0 bridgehead atoms. The van der Waals surface area contributed by atoms with Crippen LogP contribution >= 0.6 is 12.2 Å². The number of nitrogens with zero attached hydrogens (tertiary/aromatic N) is 7. The van der Waals surface area contributed by atoms with Gasteiger partial charge in [-0.25, -0.2) is 0 Å². The Morgan fingerprint density at radius 3 is 1.27 bits per heavy atom. The maximum atomic E-state index is 15.0. The van der Waals surface area contributed by atoms with Crippen LogP contribution < -0.4 is 27.8 Å². The van der Waals surface area contributed by atoms with Crippen molar-refractivity contribution in [2.75, 3.05) is 51.1 Å². The molecule has 10 atom stereocenters. The first kappa shape index (κ1) is 53.5. The lowest BCUT2D eigenvalue weighted by Crippen LogP contribution is -2.59. The fraction of sp³-hybridized carbons (Fsp3) is 0.674. The number of alkyl halides is 6. The maximum Gasteiger partial charge on any atom is 0.416 e. The third-order valence-corrected chi connectivity index (χ3v) is 15.5. The highest BCUT2D eigenvalue weighted by atomic mass is 32.1. The number of carbonyl (C=O) groups excluding carboxylic acids is 8. The minimum atomic E-state index is -5.15. The van der Waals surface area contributed by atoms with E-state index in [9.17, 15) is 55.1 Å². The van der Waals surface area contributed by atoms with Gasteiger partial charge >= 0.3 is 12.4 Å². The molecule has 8 N–H and O–H groups in total. The van der Waals surface area contributed by atoms with Gasteiger partial charge in [-0.1, -0.05) is 0 Å². The lowest BCUT2D eigenvalue weighted by Gasteiger charge is -2.37. The number of anilines is 1. The number of benzene rings is 1. The molecule has 7 aliphatic rings. The Morgan fingerprint density at radius 2 is 0.877 bits per heavy atom. The standard InChI is InChI=1S/C46H60F6N12O8S/c1-23(65)62-20-27(54)18-35(62)42(71)60-12-2-6-30(60)38(67)59-11-5-9-33(59)41(70)64-22-29(57-44(73)56-28-15-24(45(47,48)49)14-25(16-28)46(50,51)52)19-36(64)43(72)61-13-3-7-31(61)39(68)58-10-4-8-32(58)40(69)63-21-26(53)17-34(63)37(55)66/h14-16,26-27,29-36H,2-13,17-22,53-54H2,1H3,(H2,55,66)(H2,56,57,73)/t26-,27-,29-,30-,31-,32-,33-,34-,35-,36-/m0/s1. The normalized spacial score (nSPS) is 29.6. The highest BCUT2D eigenvalue weighted by Gasteiger charge is 2.52. The zero-order chi connectivity index (χ0) is 53.0. The summed E-state index contributed by atoms with van der Waals surface area (Å²) < 4.78 is 82.4. The number of nitrogens with one attached hydrogen (secondary N) is 2. The molecule has 7 saturated heterocycles. The largest absolute Gasteiger partial charge is 0.416 e. The number of likely N-dealkylation sites (tertiary alicyclic amines) is 7. The van der Waals surface area contributed by atoms with Crippen molar-refractivity contribution in [3.63, 3.8) is 0 Å². The summed E-state index contributed by atoms with van der Waals surface area (Å²) in [5.74, 6) is -4.33. The summed E-state index contributed by atoms with van der Waals surface area (Å²) >= 11 is 5.39. The van der Waals surface area contributed by atoms with E-state index in [4.69, 9.17) is 29.4 Å². The molecule has 7 aliphatic heterocycles. The van der Waals surface area contributed by atoms with Gasteiger partial charge in [-0.2, -0.15) is 26.3 Å². The number of halogens is 6. The molecule has 1 aromatic rings. The Morgan fingerprint density at radius 1 is 0.521 bits per heavy atom. The number of carbonyl (C=O) groups is 8. The first-order chi connectivity index (χ1) is 34.3. The van der Waals surface area contributed by atoms with E-state index in [1.165, 1.54) is 41.2 Å². The predicted molar refractivity (Wildman–Crippen MR) is 250 cm³/mol. The molecule has 400 valence electrons. The number of nitrogens with two attached hydrogens (primary N) is 3. The zero-order valence-corrected chi connectivity index (χ0v) is 40.9. The average Bonchev–Trinajstić information content (AvgIpc) is 4.18. The smallest absolute Gasteiger partial charge is 0.368 e. The lowest BCUT2D eigenvalue weighted by molar-refractivity contribution is -0.155. The monoisotopic (exact) mass is 1050 g/mol. The summed E-state index contributed by atoms with van der Waals surface area (Å²) in [6.45, 7) is 1.89. The number of amides is 8. The van der Waals surface area contributed by atoms with E-state index in [0.29, 0.717) is 37.8 Å². The van der Waals surface area contributed by atoms with Gasteiger partial charge in [0.1, 0.15) is 42.3 Å². The summed E-state index contributed by atoms with van der Waals surface area (Å²) in [4.78, 5) is 121. The predicted octanol–water partition coefficient (Wildman–Crippen LogP) is 0.306. The van der Waals surface area contributed by atoms with Crippen LogP contribution in [0.15, 0.2) is 18.2 Å². The van der Waals surface area contributed by atoms with Gasteiger partial charge in [0, 0.05) is 76.5 Å². The topological polar surface area (TPSA) is 261 Å². The fourth-order valence-electron chi connectivity index (χ4n) is 11.9. The van der Waals surface area contributed by atoms with Crippen LogP contribution in [0.1, 0.15) is 88.7 Å². The van der Waals surface area contributed by atoms with Crippen molar-refractivity contribution < 1.29 is 64.7 Å². The molecule has 20 nitrogen and oxygen atoms in total. The molecule has 27 heteroatoms. The van der Waals surface area contributed by atoms with Gasteiger partial charge in [-0.05, 0) is 101 Å². The quantitative estimate of drug-likeness (QED) is 0.165. The van der Waals surface area contributed by atoms with Crippen molar-refractivity contribution in [2.24, 2.45) is 17.2 Å². The second kappa shape index (κ2) is 20.8. The number of hydrogen-bond donors (Lipinski definition) is 5. The minimum absolute atomic E-state index is 0.0359. The van der Waals surface area contributed by atoms with Crippen LogP contribution in [0.25, 0.3) is 0 Å². The van der Waals surface area contributed by atoms with Gasteiger partial charge in [0.15, 0.2) is 5.11 Å². The van der Waals surface area contributed by atoms with Gasteiger partial charge in [-0.15, -0.1) is 0 Å². The highest BCUT2D eigenvalue weighted by molar-refractivity contribution is 7.80. The van der Waals surface area contributed by atoms with Crippen molar-refractivity contribution in [2.45, 2.75) is 150 Å². The van der Waals surface area contributed by atoms with E-state index >= 15 is 9.59 Å². The molecule has 8 rings (SSSR count). The van der Waals surface area contributed by atoms with Crippen molar-refractivity contribution in [1.82, 2.24) is 39.6 Å². The van der Waals surface area contributed by atoms with Gasteiger partial charge in [-0.3, -0.25) is 38.4 Å². The van der Waals surface area contributed by atoms with Gasteiger partial charge in [0.05, 0.1) is 11.1 Å². The molecule has 0 saturated carbocycles. The lowest BCUT2D eigenvalue weighted by atomic mass is 10.1. The van der Waals surface area contributed by atoms with E-state index in [1.807, 2.05) is 0 Å². The molecule has 0 aromatic heterocycles. The Bertz CT molecular complexity index is 2270. The SMILES string of the molecule is CC(=O)N1C[C@@H](N)C[C@H]1C(=O)N1CCC[C@H]1C(=O)N1CCC[C@H]1C(=O)N1C[C@@H](NC(=S)Nc2cc(C(F)(F)F)cc(C(F)(F)F)c2)C[C@H]1C(=O)N1CCC[C@H]1C(=O)N1CCC[C@H]1C(=O)N1C[C@@H](N)C[C@H]1C(N)=O. The van der Waals surface area contributed by atoms with E-state index in [1.54, 1.807) is 0 Å². The van der Waals surface area contributed by atoms with E-state index < -0.39 is 136 Å². The Hall–Kier alpha value is -5.83. The second-order valence-corrected chi connectivity index (χ2v) is 20.6. The number of hydrogen-bond acceptors (Lipinski definition) is 11. The first-order valence-corrected chi connectivity index (χ1v) is 25.0. The molecule has 0 spiro atoms. The van der Waals surface area contributed by atoms with Crippen molar-refractivity contribution in [1.29, 1.82) is 0 Å². The van der Waals surface area contributed by atoms with E-state index in [0.717, 1.165) is 0 Å². The third kappa shape index (κ3) is 10.9. The van der Waals surface area contributed by atoms with Crippen LogP contribution in [0.5, 0.6) is 0 Å². The van der Waals surface area contributed by atoms with Gasteiger partial charge in [0.2, 0.25) is 47.3 Å². The minimum Gasteiger partial charge on any atom is -0.368 e. The van der Waals surface area contributed by atoms with Crippen molar-refractivity contribution in [3.8, 4) is 0 Å². The summed E-state index contributed by atoms with van der Waals surface area (Å²) in [5.41, 5.74) is 14.0. The molecule has 1 aromatic carbocycles. The average molecular weight is 1060 g/mol. The highest BCUT2D eigenvalue weighted by Crippen LogP contribution is 2.38. The van der Waals surface area contributed by atoms with E-state index in [-0.39, 0.29) is 103 Å². The first-order valence-electron chi connectivity index (χ1n) is 24.6. The van der Waals surface area contributed by atoms with Crippen LogP contribution in [-0.2, 0) is 50.7 Å². The summed E-state index contributed by atoms with van der Waals surface area (Å²) in [7, 11) is 0. The van der Waals surface area contributed by atoms with Crippen LogP contribution in [-0.4, -0.2) is 193 Å². The Kier molecular flexibility index (Phi) is 15.3. The van der Waals surface area contributed by atoms with Crippen molar-refractivity contribution >= 4 is 70.3 Å². The van der Waals surface area contributed by atoms with Crippen molar-refractivity contribution in [3.05, 3.63) is 29.3 Å². The van der Waals surface area contributed by atoms with Crippen LogP contribution in [0.4, 0.5) is 32.0 Å². The third-order valence-electron chi connectivity index (χ3n) is 15.3.